The number of hydrogen-bond acceptors (Lipinski definition) is 3. The van der Waals surface area contributed by atoms with Crippen molar-refractivity contribution in [3.63, 3.8) is 0 Å². The van der Waals surface area contributed by atoms with Crippen molar-refractivity contribution in [1.82, 2.24) is 4.98 Å². The van der Waals surface area contributed by atoms with Crippen LogP contribution < -0.4 is 0 Å². The van der Waals surface area contributed by atoms with E-state index in [1.165, 1.54) is 12.1 Å². The van der Waals surface area contributed by atoms with Gasteiger partial charge in [-0.2, -0.15) is 0 Å². The number of fused-ring (bicyclic) bond motifs is 1. The number of aromatic carboxylic acids is 1. The number of phenols is 1. The summed E-state index contributed by atoms with van der Waals surface area (Å²) < 4.78 is 0. The van der Waals surface area contributed by atoms with Crippen LogP contribution in [0.25, 0.3) is 10.9 Å². The maximum atomic E-state index is 11.1. The van der Waals surface area contributed by atoms with Crippen LogP contribution in [0, 0.1) is 0 Å². The van der Waals surface area contributed by atoms with Crippen molar-refractivity contribution in [2.75, 3.05) is 0 Å². The third-order valence-electron chi connectivity index (χ3n) is 3.43. The number of aromatic nitrogens is 1. The Kier molecular flexibility index (Phi) is 3.28. The van der Waals surface area contributed by atoms with Crippen LogP contribution in [0.15, 0.2) is 54.7 Å². The van der Waals surface area contributed by atoms with Crippen LogP contribution in [-0.4, -0.2) is 21.2 Å². The van der Waals surface area contributed by atoms with E-state index in [-0.39, 0.29) is 11.3 Å². The van der Waals surface area contributed by atoms with E-state index in [2.05, 4.69) is 4.98 Å². The molecule has 4 heteroatoms. The fourth-order valence-electron chi connectivity index (χ4n) is 2.39. The van der Waals surface area contributed by atoms with Gasteiger partial charge in [-0.3, -0.25) is 4.98 Å². The van der Waals surface area contributed by atoms with E-state index in [1.54, 1.807) is 12.3 Å². The molecule has 0 saturated heterocycles. The van der Waals surface area contributed by atoms with E-state index < -0.39 is 5.97 Å². The van der Waals surface area contributed by atoms with E-state index in [1.807, 2.05) is 30.3 Å². The Morgan fingerprint density at radius 2 is 1.90 bits per heavy atom. The Bertz CT molecular complexity index is 822. The van der Waals surface area contributed by atoms with Gasteiger partial charge >= 0.3 is 5.97 Å². The smallest absolute Gasteiger partial charge is 0.339 e. The molecule has 0 aliphatic carbocycles. The summed E-state index contributed by atoms with van der Waals surface area (Å²) in [6, 6.07) is 14.4. The van der Waals surface area contributed by atoms with Gasteiger partial charge in [-0.25, -0.2) is 4.79 Å². The second kappa shape index (κ2) is 5.25. The van der Waals surface area contributed by atoms with Gasteiger partial charge < -0.3 is 10.2 Å². The molecule has 0 atom stereocenters. The molecule has 0 radical (unpaired) electrons. The highest BCUT2D eigenvalue weighted by Crippen LogP contribution is 2.23. The summed E-state index contributed by atoms with van der Waals surface area (Å²) in [6.45, 7) is 0. The minimum atomic E-state index is -1.13. The van der Waals surface area contributed by atoms with Crippen molar-refractivity contribution in [3.8, 4) is 5.75 Å². The zero-order valence-electron chi connectivity index (χ0n) is 11.2. The average molecular weight is 279 g/mol. The maximum Gasteiger partial charge on any atom is 0.339 e. The average Bonchev–Trinajstić information content (AvgIpc) is 2.49. The zero-order valence-corrected chi connectivity index (χ0v) is 11.2. The van der Waals surface area contributed by atoms with Crippen LogP contribution in [0.4, 0.5) is 0 Å². The highest BCUT2D eigenvalue weighted by atomic mass is 16.4. The summed E-state index contributed by atoms with van der Waals surface area (Å²) in [5, 5.41) is 19.7. The standard InChI is InChI=1S/C17H13NO3/c19-16-6-5-11(10-14(16)17(20)21)9-12-7-8-18-15-4-2-1-3-13(12)15/h1-8,10,19H,9H2,(H,20,21). The van der Waals surface area contributed by atoms with Crippen molar-refractivity contribution in [3.05, 3.63) is 71.4 Å². The Balaban J connectivity index is 2.03. The number of carboxylic acids is 1. The molecular formula is C17H13NO3. The third kappa shape index (κ3) is 2.56. The monoisotopic (exact) mass is 279 g/mol. The Labute approximate surface area is 121 Å². The summed E-state index contributed by atoms with van der Waals surface area (Å²) in [6.07, 6.45) is 2.33. The van der Waals surface area contributed by atoms with Crippen molar-refractivity contribution in [1.29, 1.82) is 0 Å². The molecule has 0 saturated carbocycles. The van der Waals surface area contributed by atoms with E-state index >= 15 is 0 Å². The summed E-state index contributed by atoms with van der Waals surface area (Å²) in [4.78, 5) is 15.4. The SMILES string of the molecule is O=C(O)c1cc(Cc2ccnc3ccccc23)ccc1O. The maximum absolute atomic E-state index is 11.1. The highest BCUT2D eigenvalue weighted by Gasteiger charge is 2.11. The van der Waals surface area contributed by atoms with Crippen LogP contribution in [0.2, 0.25) is 0 Å². The Hall–Kier alpha value is -2.88. The summed E-state index contributed by atoms with van der Waals surface area (Å²) in [5.74, 6) is -1.35. The number of nitrogens with zero attached hydrogens (tertiary/aromatic N) is 1. The number of pyridine rings is 1. The first-order valence-corrected chi connectivity index (χ1v) is 6.53. The van der Waals surface area contributed by atoms with Gasteiger partial charge in [0.25, 0.3) is 0 Å². The molecule has 3 aromatic rings. The molecule has 21 heavy (non-hydrogen) atoms. The molecule has 0 aliphatic heterocycles. The van der Waals surface area contributed by atoms with Gasteiger partial charge in [-0.05, 0) is 41.8 Å². The quantitative estimate of drug-likeness (QED) is 0.772. The largest absolute Gasteiger partial charge is 0.507 e. The molecule has 2 aromatic carbocycles. The van der Waals surface area contributed by atoms with Gasteiger partial charge in [0.05, 0.1) is 5.52 Å². The zero-order chi connectivity index (χ0) is 14.8. The molecule has 1 aromatic heterocycles. The van der Waals surface area contributed by atoms with Crippen molar-refractivity contribution >= 4 is 16.9 Å². The summed E-state index contributed by atoms with van der Waals surface area (Å²) >= 11 is 0. The Morgan fingerprint density at radius 3 is 2.71 bits per heavy atom. The number of para-hydroxylation sites is 1. The van der Waals surface area contributed by atoms with E-state index in [9.17, 15) is 9.90 Å². The topological polar surface area (TPSA) is 70.4 Å². The van der Waals surface area contributed by atoms with Gasteiger partial charge in [-0.1, -0.05) is 24.3 Å². The number of aromatic hydroxyl groups is 1. The van der Waals surface area contributed by atoms with Crippen molar-refractivity contribution in [2.45, 2.75) is 6.42 Å². The second-order valence-corrected chi connectivity index (χ2v) is 4.82. The number of hydrogen-bond donors (Lipinski definition) is 2. The normalized spacial score (nSPS) is 10.7. The molecule has 104 valence electrons. The summed E-state index contributed by atoms with van der Waals surface area (Å²) in [5.41, 5.74) is 2.74. The van der Waals surface area contributed by atoms with Gasteiger partial charge in [-0.15, -0.1) is 0 Å². The third-order valence-corrected chi connectivity index (χ3v) is 3.43. The fraction of sp³-hybridized carbons (Fsp3) is 0.0588. The van der Waals surface area contributed by atoms with Crippen molar-refractivity contribution < 1.29 is 15.0 Å². The lowest BCUT2D eigenvalue weighted by Crippen LogP contribution is -1.99. The van der Waals surface area contributed by atoms with Crippen LogP contribution in [0.1, 0.15) is 21.5 Å². The number of rotatable bonds is 3. The Morgan fingerprint density at radius 1 is 1.10 bits per heavy atom. The minimum Gasteiger partial charge on any atom is -0.507 e. The van der Waals surface area contributed by atoms with Gasteiger partial charge in [0.15, 0.2) is 0 Å². The molecule has 1 heterocycles. The first-order valence-electron chi connectivity index (χ1n) is 6.53. The minimum absolute atomic E-state index is 0.0779. The second-order valence-electron chi connectivity index (χ2n) is 4.82. The van der Waals surface area contributed by atoms with Crippen LogP contribution in [0.3, 0.4) is 0 Å². The molecule has 0 spiro atoms. The van der Waals surface area contributed by atoms with E-state index in [0.29, 0.717) is 6.42 Å². The first kappa shape index (κ1) is 13.1. The predicted octanol–water partition coefficient (Wildman–Crippen LogP) is 3.23. The van der Waals surface area contributed by atoms with Crippen LogP contribution in [-0.2, 0) is 6.42 Å². The fourth-order valence-corrected chi connectivity index (χ4v) is 2.39. The molecule has 0 unspecified atom stereocenters. The van der Waals surface area contributed by atoms with E-state index in [4.69, 9.17) is 5.11 Å². The predicted molar refractivity (Wildman–Crippen MR) is 79.6 cm³/mol. The number of carboxylic acid groups (broad SMARTS) is 1. The van der Waals surface area contributed by atoms with Gasteiger partial charge in [0, 0.05) is 11.6 Å². The lowest BCUT2D eigenvalue weighted by molar-refractivity contribution is 0.0693. The van der Waals surface area contributed by atoms with Crippen molar-refractivity contribution in [2.24, 2.45) is 0 Å². The van der Waals surface area contributed by atoms with Gasteiger partial charge in [0.1, 0.15) is 11.3 Å². The van der Waals surface area contributed by atoms with Gasteiger partial charge in [0.2, 0.25) is 0 Å². The number of carbonyl (C=O) groups is 1. The molecule has 3 rings (SSSR count). The molecule has 0 aliphatic rings. The molecule has 0 fully saturated rings. The van der Waals surface area contributed by atoms with Crippen LogP contribution in [0.5, 0.6) is 5.75 Å². The first-order chi connectivity index (χ1) is 10.1. The lowest BCUT2D eigenvalue weighted by atomic mass is 9.99. The lowest BCUT2D eigenvalue weighted by Gasteiger charge is -2.08. The molecular weight excluding hydrogens is 266 g/mol. The molecule has 4 nitrogen and oxygen atoms in total. The van der Waals surface area contributed by atoms with E-state index in [0.717, 1.165) is 22.0 Å². The summed E-state index contributed by atoms with van der Waals surface area (Å²) in [7, 11) is 0. The molecule has 2 N–H and O–H groups in total. The highest BCUT2D eigenvalue weighted by molar-refractivity contribution is 5.91. The number of benzene rings is 2. The molecule has 0 bridgehead atoms. The molecule has 0 amide bonds. The van der Waals surface area contributed by atoms with Crippen LogP contribution >= 0.6 is 0 Å².